The molecule has 0 aliphatic rings. The third kappa shape index (κ3) is 3.30. The molecule has 26 heavy (non-hydrogen) atoms. The molecule has 0 aliphatic heterocycles. The lowest BCUT2D eigenvalue weighted by atomic mass is 10.0. The predicted octanol–water partition coefficient (Wildman–Crippen LogP) is 4.03. The first kappa shape index (κ1) is 17.3. The number of nitro benzene ring substituents is 2. The van der Waals surface area contributed by atoms with E-state index in [1.807, 2.05) is 19.9 Å². The molecule has 0 saturated heterocycles. The van der Waals surface area contributed by atoms with Crippen LogP contribution in [0.15, 0.2) is 48.5 Å². The fourth-order valence-electron chi connectivity index (χ4n) is 2.94. The molecule has 0 radical (unpaired) electrons. The first-order chi connectivity index (χ1) is 12.4. The Balaban J connectivity index is 1.94. The molecule has 8 nitrogen and oxygen atoms in total. The molecule has 0 spiro atoms. The zero-order valence-electron chi connectivity index (χ0n) is 14.2. The molecule has 0 saturated carbocycles. The molecule has 1 heterocycles. The van der Waals surface area contributed by atoms with Gasteiger partial charge in [-0.1, -0.05) is 24.3 Å². The maximum atomic E-state index is 11.0. The maximum absolute atomic E-state index is 11.0. The first-order valence-electron chi connectivity index (χ1n) is 7.89. The van der Waals surface area contributed by atoms with E-state index >= 15 is 0 Å². The third-order valence-corrected chi connectivity index (χ3v) is 4.21. The van der Waals surface area contributed by atoms with E-state index in [0.717, 1.165) is 28.1 Å². The minimum atomic E-state index is -0.437. The number of hydrogen-bond acceptors (Lipinski definition) is 5. The van der Waals surface area contributed by atoms with Crippen molar-refractivity contribution in [3.05, 3.63) is 85.7 Å². The second-order valence-electron chi connectivity index (χ2n) is 5.93. The van der Waals surface area contributed by atoms with E-state index in [1.54, 1.807) is 22.9 Å². The summed E-state index contributed by atoms with van der Waals surface area (Å²) in [6.45, 7) is 4.21. The van der Waals surface area contributed by atoms with Crippen LogP contribution in [-0.4, -0.2) is 19.6 Å². The average Bonchev–Trinajstić information content (AvgIpc) is 2.89. The van der Waals surface area contributed by atoms with Gasteiger partial charge in [-0.2, -0.15) is 5.10 Å². The molecule has 8 heteroatoms. The Labute approximate surface area is 149 Å². The van der Waals surface area contributed by atoms with Crippen molar-refractivity contribution in [1.82, 2.24) is 9.78 Å². The summed E-state index contributed by atoms with van der Waals surface area (Å²) >= 11 is 0. The Bertz CT molecular complexity index is 993. The molecule has 0 N–H and O–H groups in total. The Kier molecular flexibility index (Phi) is 4.49. The van der Waals surface area contributed by atoms with E-state index in [2.05, 4.69) is 5.10 Å². The van der Waals surface area contributed by atoms with Crippen LogP contribution in [0.5, 0.6) is 0 Å². The number of aryl methyl sites for hydroxylation is 1. The van der Waals surface area contributed by atoms with E-state index in [-0.39, 0.29) is 11.4 Å². The van der Waals surface area contributed by atoms with Crippen LogP contribution < -0.4 is 0 Å². The van der Waals surface area contributed by atoms with Crippen molar-refractivity contribution in [3.8, 4) is 11.1 Å². The molecule has 2 aromatic carbocycles. The Morgan fingerprint density at radius 2 is 1.62 bits per heavy atom. The summed E-state index contributed by atoms with van der Waals surface area (Å²) in [5.74, 6) is 0. The van der Waals surface area contributed by atoms with Gasteiger partial charge in [0.2, 0.25) is 0 Å². The standard InChI is InChI=1S/C18H16N4O4/c1-12-18(15-4-3-5-17(10-15)22(25)26)13(2)20(19-12)11-14-6-8-16(9-7-14)21(23)24/h3-10H,11H2,1-2H3. The van der Waals surface area contributed by atoms with Gasteiger partial charge in [0.1, 0.15) is 0 Å². The van der Waals surface area contributed by atoms with E-state index in [9.17, 15) is 20.2 Å². The van der Waals surface area contributed by atoms with Crippen LogP contribution >= 0.6 is 0 Å². The summed E-state index contributed by atoms with van der Waals surface area (Å²) < 4.78 is 1.80. The molecular weight excluding hydrogens is 336 g/mol. The van der Waals surface area contributed by atoms with Crippen LogP contribution in [0.1, 0.15) is 17.0 Å². The van der Waals surface area contributed by atoms with Crippen LogP contribution in [0.3, 0.4) is 0 Å². The molecule has 0 bridgehead atoms. The minimum absolute atomic E-state index is 0.0319. The maximum Gasteiger partial charge on any atom is 0.270 e. The summed E-state index contributed by atoms with van der Waals surface area (Å²) in [6.07, 6.45) is 0. The highest BCUT2D eigenvalue weighted by molar-refractivity contribution is 5.70. The molecule has 132 valence electrons. The Hall–Kier alpha value is -3.55. The molecule has 0 fully saturated rings. The number of benzene rings is 2. The number of nitrogens with zero attached hydrogens (tertiary/aromatic N) is 4. The highest BCUT2D eigenvalue weighted by atomic mass is 16.6. The predicted molar refractivity (Wildman–Crippen MR) is 96.0 cm³/mol. The minimum Gasteiger partial charge on any atom is -0.265 e. The topological polar surface area (TPSA) is 104 Å². The summed E-state index contributed by atoms with van der Waals surface area (Å²) in [7, 11) is 0. The second kappa shape index (κ2) is 6.75. The van der Waals surface area contributed by atoms with Crippen molar-refractivity contribution in [3.63, 3.8) is 0 Å². The zero-order valence-corrected chi connectivity index (χ0v) is 14.2. The van der Waals surface area contributed by atoms with E-state index in [0.29, 0.717) is 6.54 Å². The molecule has 3 aromatic rings. The van der Waals surface area contributed by atoms with Crippen molar-refractivity contribution in [2.75, 3.05) is 0 Å². The van der Waals surface area contributed by atoms with Crippen LogP contribution in [0.25, 0.3) is 11.1 Å². The molecule has 0 amide bonds. The van der Waals surface area contributed by atoms with Crippen LogP contribution in [0.2, 0.25) is 0 Å². The third-order valence-electron chi connectivity index (χ3n) is 4.21. The highest BCUT2D eigenvalue weighted by Crippen LogP contribution is 2.30. The quantitative estimate of drug-likeness (QED) is 0.509. The lowest BCUT2D eigenvalue weighted by Gasteiger charge is -2.06. The molecule has 1 aromatic heterocycles. The van der Waals surface area contributed by atoms with Gasteiger partial charge >= 0.3 is 0 Å². The van der Waals surface area contributed by atoms with Crippen LogP contribution in [0, 0.1) is 34.1 Å². The van der Waals surface area contributed by atoms with Gasteiger partial charge in [-0.05, 0) is 25.0 Å². The summed E-state index contributed by atoms with van der Waals surface area (Å²) in [5, 5.41) is 26.3. The van der Waals surface area contributed by atoms with E-state index in [1.165, 1.54) is 24.3 Å². The Morgan fingerprint density at radius 3 is 2.23 bits per heavy atom. The first-order valence-corrected chi connectivity index (χ1v) is 7.89. The van der Waals surface area contributed by atoms with Crippen LogP contribution in [-0.2, 0) is 6.54 Å². The van der Waals surface area contributed by atoms with E-state index in [4.69, 9.17) is 0 Å². The normalized spacial score (nSPS) is 10.7. The average molecular weight is 352 g/mol. The van der Waals surface area contributed by atoms with Gasteiger partial charge in [0.05, 0.1) is 22.1 Å². The van der Waals surface area contributed by atoms with Gasteiger partial charge in [-0.25, -0.2) is 0 Å². The van der Waals surface area contributed by atoms with Gasteiger partial charge < -0.3 is 0 Å². The smallest absolute Gasteiger partial charge is 0.265 e. The number of hydrogen-bond donors (Lipinski definition) is 0. The number of non-ortho nitro benzene ring substituents is 2. The van der Waals surface area contributed by atoms with Gasteiger partial charge in [-0.3, -0.25) is 24.9 Å². The second-order valence-corrected chi connectivity index (χ2v) is 5.93. The van der Waals surface area contributed by atoms with Crippen molar-refractivity contribution in [2.24, 2.45) is 0 Å². The lowest BCUT2D eigenvalue weighted by Crippen LogP contribution is -2.04. The molecular formula is C18H16N4O4. The van der Waals surface area contributed by atoms with Crippen molar-refractivity contribution in [2.45, 2.75) is 20.4 Å². The molecule has 0 aliphatic carbocycles. The lowest BCUT2D eigenvalue weighted by molar-refractivity contribution is -0.385. The van der Waals surface area contributed by atoms with Crippen molar-refractivity contribution in [1.29, 1.82) is 0 Å². The molecule has 3 rings (SSSR count). The summed E-state index contributed by atoms with van der Waals surface area (Å²) in [6, 6.07) is 12.8. The Morgan fingerprint density at radius 1 is 0.962 bits per heavy atom. The number of nitro groups is 2. The fourth-order valence-corrected chi connectivity index (χ4v) is 2.94. The van der Waals surface area contributed by atoms with Gasteiger partial charge in [0.25, 0.3) is 11.4 Å². The number of aromatic nitrogens is 2. The summed E-state index contributed by atoms with van der Waals surface area (Å²) in [5.41, 5.74) is 4.20. The van der Waals surface area contributed by atoms with E-state index < -0.39 is 9.85 Å². The van der Waals surface area contributed by atoms with Crippen LogP contribution in [0.4, 0.5) is 11.4 Å². The van der Waals surface area contributed by atoms with Crippen molar-refractivity contribution >= 4 is 11.4 Å². The van der Waals surface area contributed by atoms with Gasteiger partial charge in [0.15, 0.2) is 0 Å². The summed E-state index contributed by atoms with van der Waals surface area (Å²) in [4.78, 5) is 20.9. The molecule has 0 unspecified atom stereocenters. The monoisotopic (exact) mass is 352 g/mol. The van der Waals surface area contributed by atoms with Crippen molar-refractivity contribution < 1.29 is 9.85 Å². The van der Waals surface area contributed by atoms with Gasteiger partial charge in [-0.15, -0.1) is 0 Å². The van der Waals surface area contributed by atoms with Gasteiger partial charge in [0, 0.05) is 35.5 Å². The zero-order chi connectivity index (χ0) is 18.8. The SMILES string of the molecule is Cc1nn(Cc2ccc([N+](=O)[O-])cc2)c(C)c1-c1cccc([N+](=O)[O-])c1. The highest BCUT2D eigenvalue weighted by Gasteiger charge is 2.16. The largest absolute Gasteiger partial charge is 0.270 e. The number of rotatable bonds is 5. The molecule has 0 atom stereocenters. The fraction of sp³-hybridized carbons (Fsp3) is 0.167.